The van der Waals surface area contributed by atoms with Gasteiger partial charge in [0.2, 0.25) is 0 Å². The lowest BCUT2D eigenvalue weighted by Crippen LogP contribution is -2.28. The van der Waals surface area contributed by atoms with Crippen LogP contribution in [0.5, 0.6) is 0 Å². The van der Waals surface area contributed by atoms with Gasteiger partial charge in [-0.1, -0.05) is 0 Å². The number of carbonyl (C=O) groups excluding carboxylic acids is 1. The fraction of sp³-hybridized carbons (Fsp3) is 0.500. The Bertz CT molecular complexity index is 350. The number of anilines is 1. The zero-order chi connectivity index (χ0) is 12.1. The summed E-state index contributed by atoms with van der Waals surface area (Å²) in [4.78, 5) is 13.0. The van der Waals surface area contributed by atoms with Crippen molar-refractivity contribution >= 4 is 11.7 Å². The van der Waals surface area contributed by atoms with Crippen LogP contribution in [0.4, 0.5) is 5.82 Å². The van der Waals surface area contributed by atoms with Gasteiger partial charge in [0.1, 0.15) is 0 Å². The van der Waals surface area contributed by atoms with E-state index in [1.165, 1.54) is 7.05 Å². The zero-order valence-corrected chi connectivity index (χ0v) is 9.64. The molecule has 1 amide bonds. The Morgan fingerprint density at radius 1 is 1.56 bits per heavy atom. The number of hydrogen-bond acceptors (Lipinski definition) is 5. The molecule has 0 aliphatic rings. The van der Waals surface area contributed by atoms with E-state index in [1.807, 2.05) is 0 Å². The quantitative estimate of drug-likeness (QED) is 0.731. The third-order valence-electron chi connectivity index (χ3n) is 2.04. The fourth-order valence-electron chi connectivity index (χ4n) is 1.27. The molecule has 0 saturated carbocycles. The van der Waals surface area contributed by atoms with E-state index in [-0.39, 0.29) is 11.6 Å². The van der Waals surface area contributed by atoms with Gasteiger partial charge in [-0.3, -0.25) is 4.79 Å². The smallest absolute Gasteiger partial charge is 0.271 e. The van der Waals surface area contributed by atoms with Crippen molar-refractivity contribution in [3.63, 3.8) is 0 Å². The molecule has 88 valence electrons. The molecule has 2 N–H and O–H groups in total. The monoisotopic (exact) mass is 224 g/mol. The molecule has 1 atom stereocenters. The number of carbonyl (C=O) groups is 1. The molecule has 1 unspecified atom stereocenters. The minimum absolute atomic E-state index is 0.266. The molecule has 0 bridgehead atoms. The summed E-state index contributed by atoms with van der Waals surface area (Å²) in [7, 11) is 3.34. The summed E-state index contributed by atoms with van der Waals surface area (Å²) in [6.07, 6.45) is -0.439. The summed E-state index contributed by atoms with van der Waals surface area (Å²) in [5.74, 6) is 0.353. The summed E-state index contributed by atoms with van der Waals surface area (Å²) >= 11 is 0. The van der Waals surface area contributed by atoms with E-state index in [2.05, 4.69) is 15.5 Å². The van der Waals surface area contributed by atoms with Crippen molar-refractivity contribution in [3.05, 3.63) is 17.8 Å². The van der Waals surface area contributed by atoms with Gasteiger partial charge in [-0.05, 0) is 19.1 Å². The maximum Gasteiger partial charge on any atom is 0.271 e. The Morgan fingerprint density at radius 2 is 2.25 bits per heavy atom. The molecule has 0 spiro atoms. The number of aliphatic hydroxyl groups excluding tert-OH is 1. The third kappa shape index (κ3) is 3.16. The first kappa shape index (κ1) is 12.4. The van der Waals surface area contributed by atoms with Gasteiger partial charge >= 0.3 is 0 Å². The summed E-state index contributed by atoms with van der Waals surface area (Å²) in [5.41, 5.74) is 0.275. The SMILES string of the molecule is CNC(=O)c1ccc(N(C)CC(C)O)nn1. The van der Waals surface area contributed by atoms with E-state index in [4.69, 9.17) is 0 Å². The van der Waals surface area contributed by atoms with Crippen LogP contribution in [0.25, 0.3) is 0 Å². The third-order valence-corrected chi connectivity index (χ3v) is 2.04. The largest absolute Gasteiger partial charge is 0.392 e. The van der Waals surface area contributed by atoms with Gasteiger partial charge in [-0.2, -0.15) is 0 Å². The number of nitrogens with zero attached hydrogens (tertiary/aromatic N) is 3. The van der Waals surface area contributed by atoms with Crippen LogP contribution in [-0.4, -0.2) is 48.0 Å². The zero-order valence-electron chi connectivity index (χ0n) is 9.64. The Labute approximate surface area is 94.3 Å². The maximum atomic E-state index is 11.2. The molecule has 16 heavy (non-hydrogen) atoms. The highest BCUT2D eigenvalue weighted by atomic mass is 16.3. The Morgan fingerprint density at radius 3 is 2.69 bits per heavy atom. The molecule has 6 nitrogen and oxygen atoms in total. The van der Waals surface area contributed by atoms with Crippen molar-refractivity contribution in [1.82, 2.24) is 15.5 Å². The van der Waals surface area contributed by atoms with E-state index < -0.39 is 6.10 Å². The van der Waals surface area contributed by atoms with Crippen LogP contribution in [0.2, 0.25) is 0 Å². The van der Waals surface area contributed by atoms with E-state index in [0.29, 0.717) is 12.4 Å². The fourth-order valence-corrected chi connectivity index (χ4v) is 1.27. The molecular weight excluding hydrogens is 208 g/mol. The van der Waals surface area contributed by atoms with Crippen LogP contribution >= 0.6 is 0 Å². The van der Waals surface area contributed by atoms with E-state index in [9.17, 15) is 9.90 Å². The highest BCUT2D eigenvalue weighted by Gasteiger charge is 2.09. The first-order valence-corrected chi connectivity index (χ1v) is 4.99. The van der Waals surface area contributed by atoms with Crippen molar-refractivity contribution in [3.8, 4) is 0 Å². The van der Waals surface area contributed by atoms with E-state index >= 15 is 0 Å². The molecule has 0 aliphatic carbocycles. The standard InChI is InChI=1S/C10H16N4O2/c1-7(15)6-14(3)9-5-4-8(12-13-9)10(16)11-2/h4-5,7,15H,6H2,1-3H3,(H,11,16). The van der Waals surface area contributed by atoms with Crippen LogP contribution in [0.15, 0.2) is 12.1 Å². The first-order valence-electron chi connectivity index (χ1n) is 4.99. The van der Waals surface area contributed by atoms with Crippen LogP contribution in [0.3, 0.4) is 0 Å². The lowest BCUT2D eigenvalue weighted by atomic mass is 10.3. The van der Waals surface area contributed by atoms with Gasteiger partial charge in [-0.25, -0.2) is 0 Å². The van der Waals surface area contributed by atoms with Gasteiger partial charge in [-0.15, -0.1) is 10.2 Å². The Hall–Kier alpha value is -1.69. The van der Waals surface area contributed by atoms with E-state index in [1.54, 1.807) is 31.0 Å². The lowest BCUT2D eigenvalue weighted by Gasteiger charge is -2.18. The molecule has 1 heterocycles. The van der Waals surface area contributed by atoms with Crippen molar-refractivity contribution in [2.75, 3.05) is 25.5 Å². The molecule has 6 heteroatoms. The van der Waals surface area contributed by atoms with Gasteiger partial charge in [0.25, 0.3) is 5.91 Å². The van der Waals surface area contributed by atoms with Crippen molar-refractivity contribution < 1.29 is 9.90 Å². The highest BCUT2D eigenvalue weighted by Crippen LogP contribution is 2.07. The van der Waals surface area contributed by atoms with E-state index in [0.717, 1.165) is 0 Å². The summed E-state index contributed by atoms with van der Waals surface area (Å²) in [6, 6.07) is 3.29. The van der Waals surface area contributed by atoms with Gasteiger partial charge in [0.05, 0.1) is 6.10 Å². The van der Waals surface area contributed by atoms with Crippen molar-refractivity contribution in [2.24, 2.45) is 0 Å². The molecule has 0 fully saturated rings. The summed E-state index contributed by atoms with van der Waals surface area (Å²) in [5, 5.41) is 19.4. The van der Waals surface area contributed by atoms with Crippen LogP contribution in [0.1, 0.15) is 17.4 Å². The maximum absolute atomic E-state index is 11.2. The van der Waals surface area contributed by atoms with Crippen LogP contribution in [0, 0.1) is 0 Å². The second kappa shape index (κ2) is 5.41. The molecule has 0 radical (unpaired) electrons. The van der Waals surface area contributed by atoms with Crippen LogP contribution in [-0.2, 0) is 0 Å². The molecule has 0 saturated heterocycles. The molecule has 1 aromatic rings. The second-order valence-electron chi connectivity index (χ2n) is 3.59. The molecule has 0 aromatic carbocycles. The van der Waals surface area contributed by atoms with Gasteiger partial charge < -0.3 is 15.3 Å². The predicted octanol–water partition coefficient (Wildman–Crippen LogP) is -0.347. The first-order chi connectivity index (χ1) is 7.54. The average molecular weight is 224 g/mol. The summed E-state index contributed by atoms with van der Waals surface area (Å²) in [6.45, 7) is 2.16. The number of hydrogen-bond donors (Lipinski definition) is 2. The van der Waals surface area contributed by atoms with Crippen molar-refractivity contribution in [2.45, 2.75) is 13.0 Å². The van der Waals surface area contributed by atoms with Gasteiger partial charge in [0, 0.05) is 20.6 Å². The molecular formula is C10H16N4O2. The second-order valence-corrected chi connectivity index (χ2v) is 3.59. The average Bonchev–Trinajstić information content (AvgIpc) is 2.27. The number of likely N-dealkylation sites (N-methyl/N-ethyl adjacent to an activating group) is 1. The molecule has 1 rings (SSSR count). The normalized spacial score (nSPS) is 12.0. The van der Waals surface area contributed by atoms with Gasteiger partial charge in [0.15, 0.2) is 11.5 Å². The lowest BCUT2D eigenvalue weighted by molar-refractivity contribution is 0.0957. The predicted molar refractivity (Wildman–Crippen MR) is 60.4 cm³/mol. The minimum atomic E-state index is -0.439. The number of amides is 1. The Kier molecular flexibility index (Phi) is 4.19. The summed E-state index contributed by atoms with van der Waals surface area (Å²) < 4.78 is 0. The van der Waals surface area contributed by atoms with Crippen LogP contribution < -0.4 is 10.2 Å². The molecule has 0 aliphatic heterocycles. The number of rotatable bonds is 4. The number of aliphatic hydroxyl groups is 1. The number of aromatic nitrogens is 2. The highest BCUT2D eigenvalue weighted by molar-refractivity contribution is 5.91. The topological polar surface area (TPSA) is 78.4 Å². The molecule has 1 aromatic heterocycles. The van der Waals surface area contributed by atoms with Crippen molar-refractivity contribution in [1.29, 1.82) is 0 Å². The number of nitrogens with one attached hydrogen (secondary N) is 1. The minimum Gasteiger partial charge on any atom is -0.392 e. The Balaban J connectivity index is 2.74.